The SMILES string of the molecule is CCOC(=O)NC[C@@H]1CCC(=O)N1CC1=C(C(=N)/C=C\NC(F)F)[C@H](c2ccc(F)cc2Cl)N=C(c2nccs2)N1. The molecule has 2 atom stereocenters. The summed E-state index contributed by atoms with van der Waals surface area (Å²) >= 11 is 7.73. The highest BCUT2D eigenvalue weighted by Crippen LogP contribution is 2.37. The normalized spacial score (nSPS) is 19.0. The first kappa shape index (κ1) is 30.1. The van der Waals surface area contributed by atoms with Gasteiger partial charge in [-0.05, 0) is 31.6 Å². The highest BCUT2D eigenvalue weighted by molar-refractivity contribution is 7.11. The minimum Gasteiger partial charge on any atom is -0.450 e. The third-order valence-electron chi connectivity index (χ3n) is 6.32. The summed E-state index contributed by atoms with van der Waals surface area (Å²) in [6, 6.07) is 2.43. The average Bonchev–Trinajstić information content (AvgIpc) is 3.58. The molecule has 218 valence electrons. The van der Waals surface area contributed by atoms with Crippen LogP contribution < -0.4 is 16.0 Å². The van der Waals surface area contributed by atoms with Crippen molar-refractivity contribution in [3.05, 3.63) is 74.7 Å². The van der Waals surface area contributed by atoms with E-state index < -0.39 is 24.5 Å². The van der Waals surface area contributed by atoms with Crippen molar-refractivity contribution in [2.75, 3.05) is 19.7 Å². The second-order valence-electron chi connectivity index (χ2n) is 8.93. The molecule has 4 rings (SSSR count). The Kier molecular flexibility index (Phi) is 10.00. The Morgan fingerprint density at radius 2 is 2.22 bits per heavy atom. The minimum absolute atomic E-state index is 0.0262. The number of alkyl carbamates (subject to hydrolysis) is 1. The number of nitrogens with one attached hydrogen (secondary N) is 4. The fourth-order valence-electron chi connectivity index (χ4n) is 4.50. The number of carbonyl (C=O) groups is 2. The average molecular weight is 610 g/mol. The van der Waals surface area contributed by atoms with Crippen molar-refractivity contribution in [3.63, 3.8) is 0 Å². The van der Waals surface area contributed by atoms with Crippen molar-refractivity contribution in [2.24, 2.45) is 4.99 Å². The van der Waals surface area contributed by atoms with Crippen LogP contribution in [-0.4, -0.2) is 65.7 Å². The molecule has 2 aliphatic heterocycles. The van der Waals surface area contributed by atoms with Crippen LogP contribution in [0, 0.1) is 11.2 Å². The molecule has 0 bridgehead atoms. The van der Waals surface area contributed by atoms with E-state index in [0.717, 1.165) is 18.3 Å². The van der Waals surface area contributed by atoms with Crippen molar-refractivity contribution in [1.82, 2.24) is 25.8 Å². The molecule has 1 aromatic heterocycles. The molecule has 2 aliphatic rings. The first-order valence-corrected chi connectivity index (χ1v) is 13.9. The Balaban J connectivity index is 1.77. The zero-order valence-electron chi connectivity index (χ0n) is 21.8. The van der Waals surface area contributed by atoms with Crippen LogP contribution >= 0.6 is 22.9 Å². The molecule has 3 heterocycles. The summed E-state index contributed by atoms with van der Waals surface area (Å²) in [5.74, 6) is -0.414. The maximum absolute atomic E-state index is 14.0. The molecule has 1 fully saturated rings. The molecule has 10 nitrogen and oxygen atoms in total. The molecule has 41 heavy (non-hydrogen) atoms. The fourth-order valence-corrected chi connectivity index (χ4v) is 5.36. The number of amides is 2. The smallest absolute Gasteiger partial charge is 0.407 e. The summed E-state index contributed by atoms with van der Waals surface area (Å²) in [5, 5.41) is 18.8. The van der Waals surface area contributed by atoms with E-state index in [1.807, 2.05) is 5.32 Å². The number of halogens is 4. The standard InChI is InChI=1S/C26H27ClF3N7O3S/c1-2-40-26(39)34-12-15-4-6-20(38)37(15)13-19-21(18(31)7-8-33-25(29)30)22(16-5-3-14(28)11-17(16)27)36-23(35-19)24-32-9-10-41-24/h3,5,7-11,15,22,25,31,33H,2,4,6,12-13H2,1H3,(H,34,39)(H,35,36)/b8-7-,31-18?/t15-,22-/m0/s1. The van der Waals surface area contributed by atoms with Gasteiger partial charge >= 0.3 is 12.6 Å². The zero-order chi connectivity index (χ0) is 29.5. The molecular formula is C26H27ClF3N7O3S. The number of hydrogen-bond donors (Lipinski definition) is 4. The van der Waals surface area contributed by atoms with Gasteiger partial charge in [0, 0.05) is 52.6 Å². The van der Waals surface area contributed by atoms with Gasteiger partial charge in [-0.3, -0.25) is 9.79 Å². The number of allylic oxidation sites excluding steroid dienone is 1. The maximum atomic E-state index is 14.0. The van der Waals surface area contributed by atoms with Crippen LogP contribution in [0.3, 0.4) is 0 Å². The van der Waals surface area contributed by atoms with Crippen molar-refractivity contribution < 1.29 is 27.5 Å². The summed E-state index contributed by atoms with van der Waals surface area (Å²) in [7, 11) is 0. The molecule has 2 aromatic rings. The van der Waals surface area contributed by atoms with E-state index in [0.29, 0.717) is 28.5 Å². The quantitative estimate of drug-likeness (QED) is 0.221. The number of hydrogen-bond acceptors (Lipinski definition) is 9. The number of benzene rings is 1. The molecule has 4 N–H and O–H groups in total. The number of amidine groups is 1. The van der Waals surface area contributed by atoms with E-state index in [-0.39, 0.29) is 54.4 Å². The molecule has 0 saturated carbocycles. The number of carbonyl (C=O) groups excluding carboxylic acids is 2. The number of aliphatic imine (C=N–C) groups is 1. The van der Waals surface area contributed by atoms with Crippen LogP contribution in [0.2, 0.25) is 5.02 Å². The van der Waals surface area contributed by atoms with Crippen LogP contribution in [0.25, 0.3) is 0 Å². The number of likely N-dealkylation sites (tertiary alicyclic amines) is 1. The predicted molar refractivity (Wildman–Crippen MR) is 149 cm³/mol. The number of rotatable bonds is 11. The van der Waals surface area contributed by atoms with Gasteiger partial charge in [-0.1, -0.05) is 17.7 Å². The lowest BCUT2D eigenvalue weighted by Crippen LogP contribution is -2.46. The van der Waals surface area contributed by atoms with Gasteiger partial charge in [-0.15, -0.1) is 11.3 Å². The Labute approximate surface area is 242 Å². The Morgan fingerprint density at radius 3 is 2.90 bits per heavy atom. The molecule has 1 aromatic carbocycles. The highest BCUT2D eigenvalue weighted by atomic mass is 35.5. The van der Waals surface area contributed by atoms with Crippen LogP contribution in [-0.2, 0) is 9.53 Å². The molecule has 0 spiro atoms. The lowest BCUT2D eigenvalue weighted by Gasteiger charge is -2.32. The zero-order valence-corrected chi connectivity index (χ0v) is 23.4. The first-order chi connectivity index (χ1) is 19.7. The van der Waals surface area contributed by atoms with Gasteiger partial charge in [0.25, 0.3) is 0 Å². The van der Waals surface area contributed by atoms with Crippen LogP contribution in [0.1, 0.15) is 36.4 Å². The monoisotopic (exact) mass is 609 g/mol. The third kappa shape index (κ3) is 7.44. The van der Waals surface area contributed by atoms with E-state index in [1.54, 1.807) is 23.4 Å². The number of alkyl halides is 2. The van der Waals surface area contributed by atoms with Gasteiger partial charge in [0.05, 0.1) is 24.9 Å². The second-order valence-corrected chi connectivity index (χ2v) is 10.2. The fraction of sp³-hybridized carbons (Fsp3) is 0.346. The summed E-state index contributed by atoms with van der Waals surface area (Å²) in [6.07, 6.45) is 3.78. The Bertz CT molecular complexity index is 1380. The Morgan fingerprint density at radius 1 is 1.41 bits per heavy atom. The maximum Gasteiger partial charge on any atom is 0.407 e. The number of nitrogens with zero attached hydrogens (tertiary/aromatic N) is 3. The van der Waals surface area contributed by atoms with Gasteiger partial charge in [0.1, 0.15) is 11.9 Å². The van der Waals surface area contributed by atoms with Crippen molar-refractivity contribution >= 4 is 46.5 Å². The molecule has 0 aliphatic carbocycles. The van der Waals surface area contributed by atoms with Crippen LogP contribution in [0.15, 0.2) is 58.3 Å². The summed E-state index contributed by atoms with van der Waals surface area (Å²) in [5.41, 5.74) is 0.784. The van der Waals surface area contributed by atoms with Gasteiger partial charge in [-0.2, -0.15) is 8.78 Å². The van der Waals surface area contributed by atoms with Crippen molar-refractivity contribution in [1.29, 1.82) is 5.41 Å². The molecule has 0 unspecified atom stereocenters. The van der Waals surface area contributed by atoms with E-state index in [2.05, 4.69) is 15.6 Å². The molecule has 2 amide bonds. The van der Waals surface area contributed by atoms with E-state index in [9.17, 15) is 22.8 Å². The first-order valence-electron chi connectivity index (χ1n) is 12.6. The Hall–Kier alpha value is -3.91. The van der Waals surface area contributed by atoms with Crippen molar-refractivity contribution in [3.8, 4) is 0 Å². The number of ether oxygens (including phenoxy) is 1. The summed E-state index contributed by atoms with van der Waals surface area (Å²) in [4.78, 5) is 35.5. The third-order valence-corrected chi connectivity index (χ3v) is 7.43. The lowest BCUT2D eigenvalue weighted by molar-refractivity contribution is -0.128. The predicted octanol–water partition coefficient (Wildman–Crippen LogP) is 4.36. The van der Waals surface area contributed by atoms with E-state index in [4.69, 9.17) is 26.7 Å². The van der Waals surface area contributed by atoms with Gasteiger partial charge in [-0.25, -0.2) is 14.2 Å². The van der Waals surface area contributed by atoms with E-state index >= 15 is 0 Å². The van der Waals surface area contributed by atoms with Gasteiger partial charge in [0.15, 0.2) is 10.8 Å². The lowest BCUT2D eigenvalue weighted by atomic mass is 9.91. The van der Waals surface area contributed by atoms with Crippen LogP contribution in [0.4, 0.5) is 18.0 Å². The molecule has 1 saturated heterocycles. The topological polar surface area (TPSA) is 132 Å². The minimum atomic E-state index is -2.84. The number of thiazole rings is 1. The number of aromatic nitrogens is 1. The van der Waals surface area contributed by atoms with Gasteiger partial charge < -0.3 is 31.0 Å². The summed E-state index contributed by atoms with van der Waals surface area (Å²) in [6.45, 7) is -0.852. The van der Waals surface area contributed by atoms with Crippen molar-refractivity contribution in [2.45, 2.75) is 38.4 Å². The second kappa shape index (κ2) is 13.6. The molecule has 15 heteroatoms. The molecular weight excluding hydrogens is 583 g/mol. The molecule has 0 radical (unpaired) electrons. The summed E-state index contributed by atoms with van der Waals surface area (Å²) < 4.78 is 44.4. The van der Waals surface area contributed by atoms with Gasteiger partial charge in [0.2, 0.25) is 5.91 Å². The highest BCUT2D eigenvalue weighted by Gasteiger charge is 2.36. The van der Waals surface area contributed by atoms with Crippen LogP contribution in [0.5, 0.6) is 0 Å². The largest absolute Gasteiger partial charge is 0.450 e. The van der Waals surface area contributed by atoms with E-state index in [1.165, 1.54) is 23.5 Å².